The lowest BCUT2D eigenvalue weighted by Gasteiger charge is -2.15. The maximum atomic E-state index is 11.8. The van der Waals surface area contributed by atoms with Gasteiger partial charge in [0.25, 0.3) is 0 Å². The van der Waals surface area contributed by atoms with Gasteiger partial charge in [0, 0.05) is 20.5 Å². The highest BCUT2D eigenvalue weighted by Crippen LogP contribution is 2.00. The highest BCUT2D eigenvalue weighted by molar-refractivity contribution is 5.83. The van der Waals surface area contributed by atoms with Crippen LogP contribution in [0.15, 0.2) is 6.20 Å². The first-order valence-electron chi connectivity index (χ1n) is 7.36. The molecule has 1 aromatic heterocycles. The van der Waals surface area contributed by atoms with Crippen molar-refractivity contribution in [3.05, 3.63) is 11.9 Å². The lowest BCUT2D eigenvalue weighted by Crippen LogP contribution is -2.38. The molecule has 1 heterocycles. The average Bonchev–Trinajstić information content (AvgIpc) is 2.83. The Labute approximate surface area is 110 Å². The monoisotopic (exact) mass is 254 g/mol. The largest absolute Gasteiger partial charge is 0.306 e. The van der Waals surface area contributed by atoms with Crippen LogP contribution in [0.4, 0.5) is 0 Å². The second-order valence-corrected chi connectivity index (χ2v) is 4.35. The summed E-state index contributed by atoms with van der Waals surface area (Å²) in [6.07, 6.45) is 4.87. The molecule has 1 rings (SSSR count). The van der Waals surface area contributed by atoms with Gasteiger partial charge in [-0.25, -0.2) is 0 Å². The number of nitrogens with zero attached hydrogens (tertiary/aromatic N) is 3. The summed E-state index contributed by atoms with van der Waals surface area (Å²) in [5, 5.41) is 11.3. The Morgan fingerprint density at radius 3 is 3.11 bits per heavy atom. The number of nitrogens with one attached hydrogen (secondary N) is 1. The van der Waals surface area contributed by atoms with E-state index in [1.165, 1.54) is 0 Å². The van der Waals surface area contributed by atoms with Crippen LogP contribution in [0.3, 0.4) is 0 Å². The fraction of sp³-hybridized carbons (Fsp3) is 0.769. The molecule has 0 aromatic carbocycles. The van der Waals surface area contributed by atoms with E-state index in [1.807, 2.05) is 20.0 Å². The molecule has 0 saturated carbocycles. The molecule has 5 heteroatoms. The second-order valence-electron chi connectivity index (χ2n) is 4.35. The maximum Gasteiger partial charge on any atom is 0.149 e. The number of rotatable bonds is 9. The minimum Gasteiger partial charge on any atom is -0.306 e. The summed E-state index contributed by atoms with van der Waals surface area (Å²) in [5.41, 5.74) is 0.851. The third-order valence-corrected chi connectivity index (χ3v) is 2.87. The first-order chi connectivity index (χ1) is 9.21. The Hall–Kier alpha value is -1.23. The van der Waals surface area contributed by atoms with E-state index in [2.05, 4.69) is 15.6 Å². The second kappa shape index (κ2) is 7.97. The lowest BCUT2D eigenvalue weighted by molar-refractivity contribution is -0.121. The Morgan fingerprint density at radius 1 is 1.61 bits per heavy atom. The van der Waals surface area contributed by atoms with Gasteiger partial charge in [0.15, 0.2) is 0 Å². The number of Topliss-reactive ketones (excluding diaryl/α,β-unsaturated/α-hetero) is 1. The van der Waals surface area contributed by atoms with E-state index < -0.39 is 0 Å². The van der Waals surface area contributed by atoms with Gasteiger partial charge in [0.05, 0.1) is 18.3 Å². The molecule has 102 valence electrons. The number of aromatic nitrogens is 3. The van der Waals surface area contributed by atoms with E-state index in [0.717, 1.165) is 18.5 Å². The zero-order valence-corrected chi connectivity index (χ0v) is 11.4. The highest BCUT2D eigenvalue weighted by atomic mass is 16.1. The van der Waals surface area contributed by atoms with Crippen LogP contribution < -0.4 is 5.32 Å². The molecule has 5 nitrogen and oxygen atoms in total. The van der Waals surface area contributed by atoms with Crippen molar-refractivity contribution >= 4 is 5.78 Å². The molecule has 1 N–H and O–H groups in total. The lowest BCUT2D eigenvalue weighted by atomic mass is 10.1. The van der Waals surface area contributed by atoms with Crippen molar-refractivity contribution in [1.29, 1.82) is 0 Å². The highest BCUT2D eigenvalue weighted by Gasteiger charge is 2.14. The molecule has 0 amide bonds. The molecule has 0 spiro atoms. The van der Waals surface area contributed by atoms with Gasteiger partial charge >= 0.3 is 0 Å². The SMILES string of the molecule is [3H]CCc1cn(CCNC(CC)C(=O)CCC)nn1. The Bertz CT molecular complexity index is 380. The number of ketones is 1. The van der Waals surface area contributed by atoms with Crippen LogP contribution >= 0.6 is 0 Å². The average molecular weight is 254 g/mol. The zero-order chi connectivity index (χ0) is 14.1. The molecular formula is C13H24N4O. The number of aryl methyl sites for hydroxylation is 1. The summed E-state index contributed by atoms with van der Waals surface area (Å²) < 4.78 is 8.89. The van der Waals surface area contributed by atoms with Crippen LogP contribution in [-0.4, -0.2) is 33.4 Å². The van der Waals surface area contributed by atoms with Crippen LogP contribution in [0.2, 0.25) is 0 Å². The molecule has 18 heavy (non-hydrogen) atoms. The van der Waals surface area contributed by atoms with Crippen molar-refractivity contribution in [1.82, 2.24) is 20.3 Å². The van der Waals surface area contributed by atoms with Crippen LogP contribution in [-0.2, 0) is 17.8 Å². The number of carbonyl (C=O) groups is 1. The number of carbonyl (C=O) groups excluding carboxylic acids is 1. The fourth-order valence-electron chi connectivity index (χ4n) is 1.82. The zero-order valence-electron chi connectivity index (χ0n) is 12.4. The summed E-state index contributed by atoms with van der Waals surface area (Å²) in [7, 11) is 0. The summed E-state index contributed by atoms with van der Waals surface area (Å²) in [5.74, 6) is 0.290. The van der Waals surface area contributed by atoms with Gasteiger partial charge < -0.3 is 5.32 Å². The Kier molecular flexibility index (Phi) is 5.85. The number of hydrogen-bond donors (Lipinski definition) is 1. The van der Waals surface area contributed by atoms with Crippen molar-refractivity contribution in [3.63, 3.8) is 0 Å². The molecule has 1 unspecified atom stereocenters. The predicted octanol–water partition coefficient (Wildman–Crippen LogP) is 1.58. The van der Waals surface area contributed by atoms with Crippen molar-refractivity contribution in [3.8, 4) is 0 Å². The molecule has 0 fully saturated rings. The topological polar surface area (TPSA) is 59.8 Å². The molecule has 0 aliphatic rings. The van der Waals surface area contributed by atoms with Gasteiger partial charge in [-0.15, -0.1) is 5.10 Å². The minimum atomic E-state index is -0.0452. The maximum absolute atomic E-state index is 11.8. The van der Waals surface area contributed by atoms with Crippen LogP contribution in [0, 0.1) is 0 Å². The number of hydrogen-bond acceptors (Lipinski definition) is 4. The van der Waals surface area contributed by atoms with Crippen LogP contribution in [0.1, 0.15) is 47.1 Å². The minimum absolute atomic E-state index is 0.0452. The third kappa shape index (κ3) is 4.56. The van der Waals surface area contributed by atoms with Crippen molar-refractivity contribution in [2.45, 2.75) is 59.0 Å². The first-order valence-corrected chi connectivity index (χ1v) is 6.65. The molecule has 0 aliphatic heterocycles. The quantitative estimate of drug-likeness (QED) is 0.727. The Morgan fingerprint density at radius 2 is 2.44 bits per heavy atom. The van der Waals surface area contributed by atoms with Gasteiger partial charge in [-0.05, 0) is 19.3 Å². The van der Waals surface area contributed by atoms with E-state index in [-0.39, 0.29) is 6.04 Å². The van der Waals surface area contributed by atoms with Crippen LogP contribution in [0.25, 0.3) is 0 Å². The molecule has 1 aromatic rings. The molecule has 0 aliphatic carbocycles. The van der Waals surface area contributed by atoms with Crippen molar-refractivity contribution in [2.75, 3.05) is 6.54 Å². The molecule has 0 saturated heterocycles. The van der Waals surface area contributed by atoms with Gasteiger partial charge in [-0.1, -0.05) is 26.0 Å². The molecule has 0 bridgehead atoms. The first kappa shape index (κ1) is 13.2. The van der Waals surface area contributed by atoms with E-state index in [9.17, 15) is 4.79 Å². The Balaban J connectivity index is 2.32. The third-order valence-electron chi connectivity index (χ3n) is 2.87. The molecule has 0 radical (unpaired) electrons. The predicted molar refractivity (Wildman–Crippen MR) is 71.4 cm³/mol. The smallest absolute Gasteiger partial charge is 0.149 e. The van der Waals surface area contributed by atoms with E-state index in [4.69, 9.17) is 1.37 Å². The van der Waals surface area contributed by atoms with Gasteiger partial charge in [-0.3, -0.25) is 9.48 Å². The summed E-state index contributed by atoms with van der Waals surface area (Å²) >= 11 is 0. The van der Waals surface area contributed by atoms with Crippen molar-refractivity contribution in [2.24, 2.45) is 0 Å². The summed E-state index contributed by atoms with van der Waals surface area (Å²) in [6.45, 7) is 5.78. The van der Waals surface area contributed by atoms with E-state index >= 15 is 0 Å². The van der Waals surface area contributed by atoms with E-state index in [1.54, 1.807) is 4.68 Å². The normalized spacial score (nSPS) is 13.3. The fourth-order valence-corrected chi connectivity index (χ4v) is 1.82. The standard InChI is InChI=1S/C13H24N4O/c1-4-7-13(18)12(6-3)14-8-9-17-10-11(5-2)15-16-17/h10,12,14H,4-9H2,1-3H3/i2T. The summed E-state index contributed by atoms with van der Waals surface area (Å²) in [4.78, 5) is 11.8. The molecule has 1 atom stereocenters. The molecular weight excluding hydrogens is 228 g/mol. The van der Waals surface area contributed by atoms with E-state index in [0.29, 0.717) is 38.6 Å². The summed E-state index contributed by atoms with van der Waals surface area (Å²) in [6, 6.07) is -0.0452. The van der Waals surface area contributed by atoms with Gasteiger partial charge in [0.2, 0.25) is 0 Å². The van der Waals surface area contributed by atoms with Crippen molar-refractivity contribution < 1.29 is 6.17 Å². The van der Waals surface area contributed by atoms with Gasteiger partial charge in [0.1, 0.15) is 5.78 Å². The van der Waals surface area contributed by atoms with Crippen LogP contribution in [0.5, 0.6) is 0 Å². The van der Waals surface area contributed by atoms with Gasteiger partial charge in [-0.2, -0.15) is 0 Å².